The second kappa shape index (κ2) is 8.00. The Bertz CT molecular complexity index is 1210. The summed E-state index contributed by atoms with van der Waals surface area (Å²) < 4.78 is 42.9. The summed E-state index contributed by atoms with van der Waals surface area (Å²) in [6.07, 6.45) is 2.50. The second-order valence-electron chi connectivity index (χ2n) is 6.97. The predicted octanol–water partition coefficient (Wildman–Crippen LogP) is 3.05. The Morgan fingerprint density at radius 2 is 1.93 bits per heavy atom. The number of rotatable bonds is 6. The van der Waals surface area contributed by atoms with Crippen molar-refractivity contribution >= 4 is 21.7 Å². The SMILES string of the molecule is CCNS(=O)(=O)c1ccc(F)c(C(=O)Nc2c3c(nn2-c2ccccc2)CCC3)c1. The van der Waals surface area contributed by atoms with E-state index in [4.69, 9.17) is 0 Å². The van der Waals surface area contributed by atoms with E-state index in [1.54, 1.807) is 11.6 Å². The van der Waals surface area contributed by atoms with Crippen molar-refractivity contribution in [1.29, 1.82) is 0 Å². The van der Waals surface area contributed by atoms with Crippen molar-refractivity contribution < 1.29 is 17.6 Å². The Kier molecular flexibility index (Phi) is 5.40. The Morgan fingerprint density at radius 1 is 1.17 bits per heavy atom. The van der Waals surface area contributed by atoms with Gasteiger partial charge in [0.2, 0.25) is 10.0 Å². The van der Waals surface area contributed by atoms with Gasteiger partial charge in [-0.25, -0.2) is 22.2 Å². The van der Waals surface area contributed by atoms with Gasteiger partial charge in [-0.05, 0) is 49.6 Å². The summed E-state index contributed by atoms with van der Waals surface area (Å²) in [5, 5.41) is 7.38. The molecule has 30 heavy (non-hydrogen) atoms. The van der Waals surface area contributed by atoms with Crippen molar-refractivity contribution in [2.75, 3.05) is 11.9 Å². The summed E-state index contributed by atoms with van der Waals surface area (Å²) in [7, 11) is -3.82. The number of sulfonamides is 1. The first-order chi connectivity index (χ1) is 14.4. The van der Waals surface area contributed by atoms with Gasteiger partial charge in [0.15, 0.2) is 0 Å². The molecule has 0 aliphatic heterocycles. The molecule has 0 saturated heterocycles. The highest BCUT2D eigenvalue weighted by molar-refractivity contribution is 7.89. The first kappa shape index (κ1) is 20.2. The maximum atomic E-state index is 14.4. The van der Waals surface area contributed by atoms with E-state index in [9.17, 15) is 17.6 Å². The zero-order chi connectivity index (χ0) is 21.3. The van der Waals surface area contributed by atoms with Crippen molar-refractivity contribution in [1.82, 2.24) is 14.5 Å². The Morgan fingerprint density at radius 3 is 2.67 bits per heavy atom. The first-order valence-electron chi connectivity index (χ1n) is 9.67. The van der Waals surface area contributed by atoms with E-state index < -0.39 is 21.7 Å². The van der Waals surface area contributed by atoms with Gasteiger partial charge < -0.3 is 5.32 Å². The molecule has 0 atom stereocenters. The molecular formula is C21H21FN4O3S. The van der Waals surface area contributed by atoms with Gasteiger partial charge in [0.1, 0.15) is 11.6 Å². The monoisotopic (exact) mass is 428 g/mol. The van der Waals surface area contributed by atoms with Gasteiger partial charge in [0.05, 0.1) is 21.8 Å². The number of amides is 1. The van der Waals surface area contributed by atoms with Crippen molar-refractivity contribution in [2.24, 2.45) is 0 Å². The fourth-order valence-electron chi connectivity index (χ4n) is 3.57. The van der Waals surface area contributed by atoms with Crippen LogP contribution in [0.4, 0.5) is 10.2 Å². The number of nitrogens with one attached hydrogen (secondary N) is 2. The van der Waals surface area contributed by atoms with Gasteiger partial charge >= 0.3 is 0 Å². The summed E-state index contributed by atoms with van der Waals surface area (Å²) >= 11 is 0. The van der Waals surface area contributed by atoms with Crippen molar-refractivity contribution in [2.45, 2.75) is 31.1 Å². The van der Waals surface area contributed by atoms with Crippen LogP contribution in [0.25, 0.3) is 5.69 Å². The Labute approximate surface area is 174 Å². The van der Waals surface area contributed by atoms with Gasteiger partial charge in [-0.2, -0.15) is 5.10 Å². The van der Waals surface area contributed by atoms with Crippen LogP contribution in [0, 0.1) is 5.82 Å². The number of halogens is 1. The Hall–Kier alpha value is -3.04. The molecule has 0 bridgehead atoms. The van der Waals surface area contributed by atoms with Crippen LogP contribution in [-0.2, 0) is 22.9 Å². The number of anilines is 1. The van der Waals surface area contributed by atoms with Crippen LogP contribution >= 0.6 is 0 Å². The minimum absolute atomic E-state index is 0.169. The highest BCUT2D eigenvalue weighted by atomic mass is 32.2. The molecule has 1 aliphatic rings. The van der Waals surface area contributed by atoms with Crippen LogP contribution in [0.5, 0.6) is 0 Å². The van der Waals surface area contributed by atoms with Crippen molar-refractivity contribution in [3.63, 3.8) is 0 Å². The average molecular weight is 428 g/mol. The van der Waals surface area contributed by atoms with E-state index in [0.29, 0.717) is 5.82 Å². The van der Waals surface area contributed by atoms with Crippen LogP contribution in [0.3, 0.4) is 0 Å². The van der Waals surface area contributed by atoms with E-state index in [1.165, 1.54) is 0 Å². The lowest BCUT2D eigenvalue weighted by molar-refractivity contribution is 0.102. The summed E-state index contributed by atoms with van der Waals surface area (Å²) in [5.74, 6) is -1.05. The summed E-state index contributed by atoms with van der Waals surface area (Å²) in [4.78, 5) is 12.8. The third kappa shape index (κ3) is 3.73. The van der Waals surface area contributed by atoms with Gasteiger partial charge in [-0.1, -0.05) is 25.1 Å². The summed E-state index contributed by atoms with van der Waals surface area (Å²) in [6.45, 7) is 1.82. The average Bonchev–Trinajstić information content (AvgIpc) is 3.31. The number of aromatic nitrogens is 2. The third-order valence-electron chi connectivity index (χ3n) is 4.97. The summed E-state index contributed by atoms with van der Waals surface area (Å²) in [6, 6.07) is 12.5. The molecule has 0 spiro atoms. The predicted molar refractivity (Wildman–Crippen MR) is 111 cm³/mol. The first-order valence-corrected chi connectivity index (χ1v) is 11.2. The second-order valence-corrected chi connectivity index (χ2v) is 8.74. The van der Waals surface area contributed by atoms with E-state index >= 15 is 0 Å². The van der Waals surface area contributed by atoms with Crippen LogP contribution in [-0.4, -0.2) is 30.7 Å². The molecule has 0 saturated carbocycles. The smallest absolute Gasteiger partial charge is 0.259 e. The molecule has 3 aromatic rings. The number of benzene rings is 2. The van der Waals surface area contributed by atoms with Crippen LogP contribution in [0.2, 0.25) is 0 Å². The number of carbonyl (C=O) groups excluding carboxylic acids is 1. The zero-order valence-corrected chi connectivity index (χ0v) is 17.2. The molecule has 4 rings (SSSR count). The topological polar surface area (TPSA) is 93.1 Å². The van der Waals surface area contributed by atoms with Gasteiger partial charge in [0.25, 0.3) is 5.91 Å². The van der Waals surface area contributed by atoms with E-state index in [-0.39, 0.29) is 17.0 Å². The van der Waals surface area contributed by atoms with Crippen molar-refractivity contribution in [3.8, 4) is 5.69 Å². The number of carbonyl (C=O) groups is 1. The standard InChI is InChI=1S/C21H21FN4O3S/c1-2-23-30(28,29)15-11-12-18(22)17(13-15)21(27)24-20-16-9-6-10-19(16)25-26(20)14-7-4-3-5-8-14/h3-5,7-8,11-13,23H,2,6,9-10H2,1H3,(H,24,27). The van der Waals surface area contributed by atoms with Crippen LogP contribution < -0.4 is 10.0 Å². The number of aryl methyl sites for hydroxylation is 1. The quantitative estimate of drug-likeness (QED) is 0.631. The molecule has 9 heteroatoms. The molecule has 1 amide bonds. The number of fused-ring (bicyclic) bond motifs is 1. The molecule has 1 aliphatic carbocycles. The van der Waals surface area contributed by atoms with E-state index in [1.807, 2.05) is 30.3 Å². The number of para-hydroxylation sites is 1. The lowest BCUT2D eigenvalue weighted by atomic mass is 10.2. The molecule has 1 aromatic heterocycles. The maximum Gasteiger partial charge on any atom is 0.259 e. The minimum atomic E-state index is -3.82. The zero-order valence-electron chi connectivity index (χ0n) is 16.4. The molecule has 7 nitrogen and oxygen atoms in total. The molecule has 0 unspecified atom stereocenters. The van der Waals surface area contributed by atoms with Gasteiger partial charge in [0, 0.05) is 12.1 Å². The lowest BCUT2D eigenvalue weighted by Gasteiger charge is -2.12. The Balaban J connectivity index is 1.72. The molecule has 1 heterocycles. The number of hydrogen-bond acceptors (Lipinski definition) is 4. The normalized spacial score (nSPS) is 13.3. The minimum Gasteiger partial charge on any atom is -0.306 e. The van der Waals surface area contributed by atoms with Crippen molar-refractivity contribution in [3.05, 3.63) is 71.2 Å². The van der Waals surface area contributed by atoms with Gasteiger partial charge in [-0.3, -0.25) is 4.79 Å². The molecule has 0 fully saturated rings. The highest BCUT2D eigenvalue weighted by Gasteiger charge is 2.26. The maximum absolute atomic E-state index is 14.4. The fourth-order valence-corrected chi connectivity index (χ4v) is 4.64. The van der Waals surface area contributed by atoms with E-state index in [0.717, 1.165) is 54.4 Å². The lowest BCUT2D eigenvalue weighted by Crippen LogP contribution is -2.24. The largest absolute Gasteiger partial charge is 0.306 e. The molecule has 2 N–H and O–H groups in total. The van der Waals surface area contributed by atoms with Crippen LogP contribution in [0.1, 0.15) is 35.0 Å². The fraction of sp³-hybridized carbons (Fsp3) is 0.238. The van der Waals surface area contributed by atoms with Gasteiger partial charge in [-0.15, -0.1) is 0 Å². The summed E-state index contributed by atoms with van der Waals surface area (Å²) in [5.41, 5.74) is 2.25. The van der Waals surface area contributed by atoms with E-state index in [2.05, 4.69) is 15.1 Å². The third-order valence-corrected chi connectivity index (χ3v) is 6.51. The molecule has 156 valence electrons. The van der Waals surface area contributed by atoms with Crippen LogP contribution in [0.15, 0.2) is 53.4 Å². The number of hydrogen-bond donors (Lipinski definition) is 2. The highest BCUT2D eigenvalue weighted by Crippen LogP contribution is 2.31. The molecular weight excluding hydrogens is 407 g/mol. The number of nitrogens with zero attached hydrogens (tertiary/aromatic N) is 2. The molecule has 2 aromatic carbocycles. The molecule has 0 radical (unpaired) electrons.